The normalized spacial score (nSPS) is 27.7. The Labute approximate surface area is 196 Å². The summed E-state index contributed by atoms with van der Waals surface area (Å²) in [6.07, 6.45) is 11.7. The Kier molecular flexibility index (Phi) is 9.78. The molecule has 1 aliphatic carbocycles. The molecular formula is C25H37F2N5O. The van der Waals surface area contributed by atoms with Crippen molar-refractivity contribution in [2.75, 3.05) is 26.7 Å². The van der Waals surface area contributed by atoms with Crippen molar-refractivity contribution in [2.24, 2.45) is 15.0 Å². The molecule has 3 aliphatic rings. The number of nitrogens with zero attached hydrogens (tertiary/aromatic N) is 4. The minimum Gasteiger partial charge on any atom is -0.378 e. The van der Waals surface area contributed by atoms with E-state index in [1.165, 1.54) is 6.08 Å². The first kappa shape index (κ1) is 25.3. The first-order valence-electron chi connectivity index (χ1n) is 12.0. The molecule has 2 heterocycles. The van der Waals surface area contributed by atoms with Crippen molar-refractivity contribution in [3.8, 4) is 0 Å². The van der Waals surface area contributed by atoms with Gasteiger partial charge >= 0.3 is 0 Å². The summed E-state index contributed by atoms with van der Waals surface area (Å²) in [5, 5.41) is 3.17. The predicted molar refractivity (Wildman–Crippen MR) is 131 cm³/mol. The molecule has 0 spiro atoms. The molecule has 0 amide bonds. The maximum Gasteiger partial charge on any atom is 0.124 e. The van der Waals surface area contributed by atoms with Crippen LogP contribution in [0.1, 0.15) is 58.8 Å². The standard InChI is InChI=1S/C25H37F2N5O/c1-4-6-25(29-16-24(30-17-28-3)31-21-10-12-33-18(2)13-21)32-11-5-7-22(32)15-19-14-20(26)8-9-23(19)27/h4,6,14,17-18,21-22H,5,7-13,15-16H2,1-3H3,(H,28,30,31)/b6-4-,29-25?. The van der Waals surface area contributed by atoms with Crippen LogP contribution in [0.4, 0.5) is 8.78 Å². The van der Waals surface area contributed by atoms with Crippen molar-refractivity contribution in [3.63, 3.8) is 0 Å². The highest BCUT2D eigenvalue weighted by Crippen LogP contribution is 2.32. The summed E-state index contributed by atoms with van der Waals surface area (Å²) in [5.41, 5.74) is 0.493. The van der Waals surface area contributed by atoms with E-state index in [1.807, 2.05) is 19.1 Å². The molecule has 8 heteroatoms. The third kappa shape index (κ3) is 7.59. The van der Waals surface area contributed by atoms with Gasteiger partial charge in [0.1, 0.15) is 23.3 Å². The Morgan fingerprint density at radius 3 is 2.91 bits per heavy atom. The number of nitrogens with one attached hydrogen (secondary N) is 1. The average molecular weight is 462 g/mol. The third-order valence-corrected chi connectivity index (χ3v) is 6.25. The molecule has 0 radical (unpaired) electrons. The maximum absolute atomic E-state index is 14.3. The summed E-state index contributed by atoms with van der Waals surface area (Å²) >= 11 is 0. The third-order valence-electron chi connectivity index (χ3n) is 6.25. The second-order valence-corrected chi connectivity index (χ2v) is 8.86. The van der Waals surface area contributed by atoms with E-state index in [2.05, 4.69) is 22.1 Å². The molecule has 3 atom stereocenters. The van der Waals surface area contributed by atoms with Crippen LogP contribution in [0.15, 0.2) is 50.4 Å². The van der Waals surface area contributed by atoms with Gasteiger partial charge in [-0.15, -0.1) is 0 Å². The Hall–Kier alpha value is -2.35. The Morgan fingerprint density at radius 1 is 1.30 bits per heavy atom. The van der Waals surface area contributed by atoms with Crippen molar-refractivity contribution >= 4 is 18.0 Å². The highest BCUT2D eigenvalue weighted by molar-refractivity contribution is 5.98. The monoisotopic (exact) mass is 461 g/mol. The molecule has 3 rings (SSSR count). The molecule has 0 bridgehead atoms. The number of allylic oxidation sites excluding steroid dienone is 4. The zero-order valence-electron chi connectivity index (χ0n) is 20.1. The number of hydrogen-bond donors (Lipinski definition) is 1. The fourth-order valence-electron chi connectivity index (χ4n) is 4.62. The molecular weight excluding hydrogens is 424 g/mol. The zero-order chi connectivity index (χ0) is 23.6. The van der Waals surface area contributed by atoms with Crippen LogP contribution in [0.2, 0.25) is 0 Å². The number of aliphatic imine (C=N–C) groups is 3. The minimum absolute atomic E-state index is 0.102. The maximum atomic E-state index is 14.3. The van der Waals surface area contributed by atoms with Gasteiger partial charge in [0.2, 0.25) is 0 Å². The molecule has 2 aliphatic heterocycles. The Balaban J connectivity index is 1.75. The molecule has 1 N–H and O–H groups in total. The number of ether oxygens (including phenoxy) is 1. The van der Waals surface area contributed by atoms with Crippen LogP contribution < -0.4 is 5.32 Å². The minimum atomic E-state index is -0.231. The largest absolute Gasteiger partial charge is 0.378 e. The van der Waals surface area contributed by atoms with E-state index in [4.69, 9.17) is 14.7 Å². The lowest BCUT2D eigenvalue weighted by Gasteiger charge is -2.28. The van der Waals surface area contributed by atoms with Gasteiger partial charge in [-0.1, -0.05) is 6.08 Å². The van der Waals surface area contributed by atoms with E-state index in [0.717, 1.165) is 43.9 Å². The lowest BCUT2D eigenvalue weighted by Crippen LogP contribution is -2.36. The van der Waals surface area contributed by atoms with Crippen molar-refractivity contribution in [3.05, 3.63) is 35.5 Å². The van der Waals surface area contributed by atoms with Crippen LogP contribution in [0.25, 0.3) is 0 Å². The number of rotatable bonds is 7. The van der Waals surface area contributed by atoms with E-state index < -0.39 is 0 Å². The number of amidine groups is 2. The smallest absolute Gasteiger partial charge is 0.124 e. The van der Waals surface area contributed by atoms with Crippen molar-refractivity contribution in [2.45, 2.75) is 77.0 Å². The first-order chi connectivity index (χ1) is 16.0. The van der Waals surface area contributed by atoms with Gasteiger partial charge in [-0.05, 0) is 63.7 Å². The molecule has 0 aromatic carbocycles. The van der Waals surface area contributed by atoms with Crippen molar-refractivity contribution in [1.82, 2.24) is 10.2 Å². The van der Waals surface area contributed by atoms with Gasteiger partial charge in [-0.25, -0.2) is 8.78 Å². The molecule has 182 valence electrons. The van der Waals surface area contributed by atoms with Gasteiger partial charge in [0.15, 0.2) is 0 Å². The molecule has 6 nitrogen and oxygen atoms in total. The lowest BCUT2D eigenvalue weighted by molar-refractivity contribution is 0.0204. The van der Waals surface area contributed by atoms with E-state index in [9.17, 15) is 8.78 Å². The SMILES string of the molecule is C/C=C\C(=NCC(=NC1CCOC(C)C1)NC=NC)N1CCCC1CC1=C(F)CCC(F)=C1. The number of hydrogen-bond acceptors (Lipinski definition) is 4. The second kappa shape index (κ2) is 12.8. The van der Waals surface area contributed by atoms with Gasteiger partial charge in [-0.2, -0.15) is 0 Å². The summed E-state index contributed by atoms with van der Waals surface area (Å²) < 4.78 is 33.7. The zero-order valence-corrected chi connectivity index (χ0v) is 20.1. The average Bonchev–Trinajstić information content (AvgIpc) is 3.25. The summed E-state index contributed by atoms with van der Waals surface area (Å²) in [7, 11) is 1.71. The van der Waals surface area contributed by atoms with Crippen molar-refractivity contribution in [1.29, 1.82) is 0 Å². The summed E-state index contributed by atoms with van der Waals surface area (Å²) in [6.45, 7) is 6.00. The fourth-order valence-corrected chi connectivity index (χ4v) is 4.62. The second-order valence-electron chi connectivity index (χ2n) is 8.86. The predicted octanol–water partition coefficient (Wildman–Crippen LogP) is 4.90. The van der Waals surface area contributed by atoms with Gasteiger partial charge in [0.05, 0.1) is 25.0 Å². The van der Waals surface area contributed by atoms with Crippen LogP contribution in [-0.2, 0) is 4.74 Å². The van der Waals surface area contributed by atoms with Gasteiger partial charge in [0, 0.05) is 39.1 Å². The highest BCUT2D eigenvalue weighted by atomic mass is 19.1. The van der Waals surface area contributed by atoms with Crippen LogP contribution in [0.3, 0.4) is 0 Å². The first-order valence-corrected chi connectivity index (χ1v) is 12.0. The van der Waals surface area contributed by atoms with Gasteiger partial charge in [0.25, 0.3) is 0 Å². The quantitative estimate of drug-likeness (QED) is 0.433. The Morgan fingerprint density at radius 2 is 2.15 bits per heavy atom. The lowest BCUT2D eigenvalue weighted by atomic mass is 9.97. The summed E-state index contributed by atoms with van der Waals surface area (Å²) in [6, 6.07) is 0.300. The highest BCUT2D eigenvalue weighted by Gasteiger charge is 2.28. The van der Waals surface area contributed by atoms with Crippen LogP contribution in [0.5, 0.6) is 0 Å². The molecule has 0 aromatic heterocycles. The Bertz CT molecular complexity index is 846. The van der Waals surface area contributed by atoms with Crippen LogP contribution >= 0.6 is 0 Å². The van der Waals surface area contributed by atoms with Gasteiger partial charge in [-0.3, -0.25) is 15.0 Å². The summed E-state index contributed by atoms with van der Waals surface area (Å²) in [4.78, 5) is 16.0. The van der Waals surface area contributed by atoms with Crippen LogP contribution in [-0.4, -0.2) is 67.8 Å². The van der Waals surface area contributed by atoms with E-state index >= 15 is 0 Å². The molecule has 0 saturated carbocycles. The topological polar surface area (TPSA) is 61.6 Å². The number of likely N-dealkylation sites (tertiary alicyclic amines) is 1. The van der Waals surface area contributed by atoms with E-state index in [0.29, 0.717) is 25.1 Å². The van der Waals surface area contributed by atoms with E-state index in [1.54, 1.807) is 13.4 Å². The molecule has 2 fully saturated rings. The molecule has 0 aromatic rings. The molecule has 3 unspecified atom stereocenters. The molecule has 33 heavy (non-hydrogen) atoms. The fraction of sp³-hybridized carbons (Fsp3) is 0.640. The van der Waals surface area contributed by atoms with Crippen molar-refractivity contribution < 1.29 is 13.5 Å². The van der Waals surface area contributed by atoms with E-state index in [-0.39, 0.29) is 42.7 Å². The van der Waals surface area contributed by atoms with Crippen LogP contribution in [0, 0.1) is 0 Å². The van der Waals surface area contributed by atoms with Gasteiger partial charge < -0.3 is 15.0 Å². The summed E-state index contributed by atoms with van der Waals surface area (Å²) in [5.74, 6) is 1.20. The number of halogens is 2. The molecule has 2 saturated heterocycles.